The fourth-order valence-electron chi connectivity index (χ4n) is 2.56. The zero-order chi connectivity index (χ0) is 12.8. The molecule has 1 aromatic rings. The number of rotatable bonds is 6. The minimum absolute atomic E-state index is 0.379. The van der Waals surface area contributed by atoms with E-state index in [1.807, 2.05) is 30.3 Å². The lowest BCUT2D eigenvalue weighted by Crippen LogP contribution is -2.26. The smallest absolute Gasteiger partial charge is 0.332 e. The fourth-order valence-corrected chi connectivity index (χ4v) is 2.56. The third kappa shape index (κ3) is 3.84. The third-order valence-corrected chi connectivity index (χ3v) is 3.59. The van der Waals surface area contributed by atoms with Gasteiger partial charge in [0, 0.05) is 0 Å². The summed E-state index contributed by atoms with van der Waals surface area (Å²) in [6.45, 7) is 0.379. The molecule has 1 aromatic carbocycles. The molecule has 0 saturated heterocycles. The van der Waals surface area contributed by atoms with Gasteiger partial charge in [-0.1, -0.05) is 56.0 Å². The maximum Gasteiger partial charge on any atom is 0.332 e. The Balaban J connectivity index is 1.84. The molecule has 2 rings (SSSR count). The van der Waals surface area contributed by atoms with Crippen molar-refractivity contribution >= 4 is 5.97 Å². The van der Waals surface area contributed by atoms with Crippen LogP contribution in [0.25, 0.3) is 0 Å². The average Bonchev–Trinajstić information content (AvgIpc) is 2.88. The molecule has 1 aliphatic rings. The third-order valence-electron chi connectivity index (χ3n) is 3.59. The van der Waals surface area contributed by atoms with Crippen LogP contribution in [0.4, 0.5) is 0 Å². The number of carboxylic acid groups (broad SMARTS) is 1. The molecule has 3 nitrogen and oxygen atoms in total. The first-order chi connectivity index (χ1) is 8.75. The molecular formula is C15H20O3. The number of hydrogen-bond acceptors (Lipinski definition) is 2. The second-order valence-corrected chi connectivity index (χ2v) is 5.01. The first-order valence-electron chi connectivity index (χ1n) is 6.64. The topological polar surface area (TPSA) is 46.5 Å². The minimum Gasteiger partial charge on any atom is -0.479 e. The van der Waals surface area contributed by atoms with Gasteiger partial charge in [-0.05, 0) is 17.9 Å². The largest absolute Gasteiger partial charge is 0.479 e. The summed E-state index contributed by atoms with van der Waals surface area (Å²) in [6, 6.07) is 9.72. The first-order valence-corrected chi connectivity index (χ1v) is 6.64. The Kier molecular flexibility index (Phi) is 4.76. The van der Waals surface area contributed by atoms with Crippen LogP contribution in [0.2, 0.25) is 0 Å². The number of carbonyl (C=O) groups is 1. The Hall–Kier alpha value is -1.35. The monoisotopic (exact) mass is 248 g/mol. The summed E-state index contributed by atoms with van der Waals surface area (Å²) in [5.41, 5.74) is 1.02. The molecule has 0 bridgehead atoms. The molecule has 0 radical (unpaired) electrons. The molecule has 98 valence electrons. The van der Waals surface area contributed by atoms with Gasteiger partial charge < -0.3 is 9.84 Å². The number of ether oxygens (including phenoxy) is 1. The van der Waals surface area contributed by atoms with Crippen LogP contribution in [0, 0.1) is 5.92 Å². The van der Waals surface area contributed by atoms with E-state index in [0.717, 1.165) is 18.4 Å². The lowest BCUT2D eigenvalue weighted by atomic mass is 10.00. The van der Waals surface area contributed by atoms with E-state index in [-0.39, 0.29) is 0 Å². The predicted molar refractivity (Wildman–Crippen MR) is 69.2 cm³/mol. The molecule has 0 amide bonds. The van der Waals surface area contributed by atoms with E-state index in [2.05, 4.69) is 0 Å². The Morgan fingerprint density at radius 3 is 2.56 bits per heavy atom. The molecule has 1 unspecified atom stereocenters. The SMILES string of the molecule is O=C(O)C(CC1CCCC1)OCc1ccccc1. The molecule has 1 saturated carbocycles. The van der Waals surface area contributed by atoms with Crippen molar-refractivity contribution in [3.63, 3.8) is 0 Å². The highest BCUT2D eigenvalue weighted by atomic mass is 16.5. The summed E-state index contributed by atoms with van der Waals surface area (Å²) < 4.78 is 5.55. The van der Waals surface area contributed by atoms with E-state index in [0.29, 0.717) is 18.9 Å². The molecular weight excluding hydrogens is 228 g/mol. The zero-order valence-corrected chi connectivity index (χ0v) is 10.5. The summed E-state index contributed by atoms with van der Waals surface area (Å²) in [4.78, 5) is 11.2. The average molecular weight is 248 g/mol. The molecule has 0 aromatic heterocycles. The molecule has 0 spiro atoms. The maximum atomic E-state index is 11.2. The van der Waals surface area contributed by atoms with Gasteiger partial charge in [0.05, 0.1) is 6.61 Å². The quantitative estimate of drug-likeness (QED) is 0.840. The van der Waals surface area contributed by atoms with Crippen molar-refractivity contribution in [3.05, 3.63) is 35.9 Å². The Morgan fingerprint density at radius 2 is 1.94 bits per heavy atom. The van der Waals surface area contributed by atoms with E-state index < -0.39 is 12.1 Å². The molecule has 3 heteroatoms. The van der Waals surface area contributed by atoms with Gasteiger partial charge in [-0.2, -0.15) is 0 Å². The second-order valence-electron chi connectivity index (χ2n) is 5.01. The van der Waals surface area contributed by atoms with E-state index in [9.17, 15) is 9.90 Å². The number of hydrogen-bond donors (Lipinski definition) is 1. The molecule has 1 N–H and O–H groups in total. The van der Waals surface area contributed by atoms with Crippen molar-refractivity contribution in [2.24, 2.45) is 5.92 Å². The van der Waals surface area contributed by atoms with Crippen LogP contribution >= 0.6 is 0 Å². The number of benzene rings is 1. The molecule has 0 aliphatic heterocycles. The maximum absolute atomic E-state index is 11.2. The minimum atomic E-state index is -0.835. The highest BCUT2D eigenvalue weighted by molar-refractivity contribution is 5.72. The number of aliphatic carboxylic acids is 1. The van der Waals surface area contributed by atoms with E-state index >= 15 is 0 Å². The van der Waals surface area contributed by atoms with Crippen LogP contribution in [-0.4, -0.2) is 17.2 Å². The van der Waals surface area contributed by atoms with E-state index in [1.54, 1.807) is 0 Å². The van der Waals surface area contributed by atoms with Gasteiger partial charge in [0.25, 0.3) is 0 Å². The Bertz CT molecular complexity index is 369. The fraction of sp³-hybridized carbons (Fsp3) is 0.533. The van der Waals surface area contributed by atoms with Crippen molar-refractivity contribution < 1.29 is 14.6 Å². The summed E-state index contributed by atoms with van der Waals surface area (Å²) in [5.74, 6) is -0.306. The molecule has 18 heavy (non-hydrogen) atoms. The lowest BCUT2D eigenvalue weighted by molar-refractivity contribution is -0.152. The number of carboxylic acids is 1. The molecule has 1 aliphatic carbocycles. The van der Waals surface area contributed by atoms with Crippen molar-refractivity contribution in [1.29, 1.82) is 0 Å². The van der Waals surface area contributed by atoms with Crippen LogP contribution in [0.15, 0.2) is 30.3 Å². The van der Waals surface area contributed by atoms with Crippen molar-refractivity contribution in [2.45, 2.75) is 44.8 Å². The van der Waals surface area contributed by atoms with Crippen LogP contribution in [0.5, 0.6) is 0 Å². The summed E-state index contributed by atoms with van der Waals surface area (Å²) in [7, 11) is 0. The Morgan fingerprint density at radius 1 is 1.28 bits per heavy atom. The zero-order valence-electron chi connectivity index (χ0n) is 10.5. The van der Waals surface area contributed by atoms with Gasteiger partial charge in [0.15, 0.2) is 6.10 Å². The van der Waals surface area contributed by atoms with Crippen LogP contribution in [0.3, 0.4) is 0 Å². The van der Waals surface area contributed by atoms with Gasteiger partial charge in [-0.25, -0.2) is 4.79 Å². The summed E-state index contributed by atoms with van der Waals surface area (Å²) in [5, 5.41) is 9.19. The summed E-state index contributed by atoms with van der Waals surface area (Å²) >= 11 is 0. The van der Waals surface area contributed by atoms with Crippen LogP contribution in [-0.2, 0) is 16.1 Å². The van der Waals surface area contributed by atoms with Crippen molar-refractivity contribution in [3.8, 4) is 0 Å². The van der Waals surface area contributed by atoms with Crippen LogP contribution < -0.4 is 0 Å². The second kappa shape index (κ2) is 6.55. The van der Waals surface area contributed by atoms with Gasteiger partial charge >= 0.3 is 5.97 Å². The molecule has 0 heterocycles. The standard InChI is InChI=1S/C15H20O3/c16-15(17)14(10-12-6-4-5-7-12)18-11-13-8-2-1-3-9-13/h1-3,8-9,12,14H,4-7,10-11H2,(H,16,17). The van der Waals surface area contributed by atoms with Gasteiger partial charge in [-0.3, -0.25) is 0 Å². The predicted octanol–water partition coefficient (Wildman–Crippen LogP) is 3.24. The lowest BCUT2D eigenvalue weighted by Gasteiger charge is -2.17. The highest BCUT2D eigenvalue weighted by Gasteiger charge is 2.25. The van der Waals surface area contributed by atoms with E-state index in [1.165, 1.54) is 12.8 Å². The molecule has 1 atom stereocenters. The van der Waals surface area contributed by atoms with Crippen molar-refractivity contribution in [2.75, 3.05) is 0 Å². The highest BCUT2D eigenvalue weighted by Crippen LogP contribution is 2.29. The van der Waals surface area contributed by atoms with Gasteiger partial charge in [-0.15, -0.1) is 0 Å². The van der Waals surface area contributed by atoms with Crippen LogP contribution in [0.1, 0.15) is 37.7 Å². The summed E-state index contributed by atoms with van der Waals surface area (Å²) in [6.07, 6.45) is 4.76. The van der Waals surface area contributed by atoms with Gasteiger partial charge in [0.1, 0.15) is 0 Å². The Labute approximate surface area is 108 Å². The molecule has 1 fully saturated rings. The normalized spacial score (nSPS) is 17.8. The van der Waals surface area contributed by atoms with Crippen molar-refractivity contribution in [1.82, 2.24) is 0 Å². The van der Waals surface area contributed by atoms with Gasteiger partial charge in [0.2, 0.25) is 0 Å². The first kappa shape index (κ1) is 13.1. The van der Waals surface area contributed by atoms with E-state index in [4.69, 9.17) is 4.74 Å².